The minimum absolute atomic E-state index is 0.0498. The summed E-state index contributed by atoms with van der Waals surface area (Å²) in [5.74, 6) is 0.667. The summed E-state index contributed by atoms with van der Waals surface area (Å²) in [6.07, 6.45) is 0. The number of aromatic nitrogens is 2. The van der Waals surface area contributed by atoms with E-state index in [1.54, 1.807) is 6.92 Å². The molecule has 0 saturated carbocycles. The third kappa shape index (κ3) is 3.06. The maximum Gasteiger partial charge on any atom is 0.241 e. The maximum atomic E-state index is 11.9. The van der Waals surface area contributed by atoms with E-state index in [2.05, 4.69) is 14.9 Å². The number of sulfonamides is 1. The van der Waals surface area contributed by atoms with Crippen molar-refractivity contribution in [2.24, 2.45) is 0 Å². The number of benzene rings is 1. The quantitative estimate of drug-likeness (QED) is 0.921. The van der Waals surface area contributed by atoms with Crippen LogP contribution in [0.5, 0.6) is 0 Å². The van der Waals surface area contributed by atoms with E-state index in [1.165, 1.54) is 24.3 Å². The molecule has 0 bridgehead atoms. The van der Waals surface area contributed by atoms with Crippen LogP contribution in [0.2, 0.25) is 5.02 Å². The van der Waals surface area contributed by atoms with Gasteiger partial charge in [-0.05, 0) is 31.2 Å². The summed E-state index contributed by atoms with van der Waals surface area (Å²) in [6, 6.07) is 5.85. The van der Waals surface area contributed by atoms with Gasteiger partial charge in [0.15, 0.2) is 5.82 Å². The lowest BCUT2D eigenvalue weighted by molar-refractivity contribution is 0.372. The third-order valence-electron chi connectivity index (χ3n) is 2.11. The lowest BCUT2D eigenvalue weighted by atomic mass is 10.4. The lowest BCUT2D eigenvalue weighted by Crippen LogP contribution is -2.23. The van der Waals surface area contributed by atoms with E-state index in [9.17, 15) is 8.42 Å². The number of aryl methyl sites for hydroxylation is 1. The van der Waals surface area contributed by atoms with Crippen molar-refractivity contribution >= 4 is 21.6 Å². The van der Waals surface area contributed by atoms with Crippen molar-refractivity contribution in [2.75, 3.05) is 0 Å². The molecule has 0 fully saturated rings. The van der Waals surface area contributed by atoms with Crippen LogP contribution in [-0.4, -0.2) is 18.6 Å². The van der Waals surface area contributed by atoms with Gasteiger partial charge in [-0.2, -0.15) is 4.98 Å². The minimum Gasteiger partial charge on any atom is -0.338 e. The predicted molar refractivity (Wildman–Crippen MR) is 64.5 cm³/mol. The smallest absolute Gasteiger partial charge is 0.241 e. The molecule has 0 unspecified atom stereocenters. The molecule has 0 amide bonds. The summed E-state index contributed by atoms with van der Waals surface area (Å²) in [7, 11) is -3.60. The van der Waals surface area contributed by atoms with Gasteiger partial charge in [-0.25, -0.2) is 13.1 Å². The van der Waals surface area contributed by atoms with Gasteiger partial charge in [0, 0.05) is 5.02 Å². The van der Waals surface area contributed by atoms with Crippen LogP contribution in [0.15, 0.2) is 33.7 Å². The molecule has 2 rings (SSSR count). The average Bonchev–Trinajstić information content (AvgIpc) is 2.73. The van der Waals surface area contributed by atoms with Gasteiger partial charge in [-0.1, -0.05) is 16.8 Å². The van der Waals surface area contributed by atoms with Crippen LogP contribution in [-0.2, 0) is 16.6 Å². The van der Waals surface area contributed by atoms with E-state index >= 15 is 0 Å². The van der Waals surface area contributed by atoms with Gasteiger partial charge in [0.2, 0.25) is 15.9 Å². The van der Waals surface area contributed by atoms with Crippen LogP contribution >= 0.6 is 11.6 Å². The topological polar surface area (TPSA) is 85.1 Å². The maximum absolute atomic E-state index is 11.9. The lowest BCUT2D eigenvalue weighted by Gasteiger charge is -2.04. The second-order valence-corrected chi connectivity index (χ2v) is 5.72. The van der Waals surface area contributed by atoms with Crippen LogP contribution in [0.3, 0.4) is 0 Å². The summed E-state index contributed by atoms with van der Waals surface area (Å²) in [5.41, 5.74) is 0. The Labute approximate surface area is 109 Å². The number of hydrogen-bond acceptors (Lipinski definition) is 5. The molecule has 1 N–H and O–H groups in total. The van der Waals surface area contributed by atoms with Crippen molar-refractivity contribution < 1.29 is 12.9 Å². The van der Waals surface area contributed by atoms with E-state index in [0.29, 0.717) is 10.8 Å². The molecule has 0 spiro atoms. The molecule has 0 saturated heterocycles. The minimum atomic E-state index is -3.60. The Kier molecular flexibility index (Phi) is 3.65. The van der Waals surface area contributed by atoms with Crippen molar-refractivity contribution in [3.63, 3.8) is 0 Å². The molecule has 6 nitrogen and oxygen atoms in total. The molecule has 0 radical (unpaired) electrons. The largest absolute Gasteiger partial charge is 0.338 e. The Morgan fingerprint density at radius 2 is 2.00 bits per heavy atom. The molecule has 2 aromatic rings. The summed E-state index contributed by atoms with van der Waals surface area (Å²) in [6.45, 7) is 1.60. The molecule has 0 atom stereocenters. The predicted octanol–water partition coefficient (Wildman–Crippen LogP) is 1.51. The average molecular weight is 288 g/mol. The first-order valence-electron chi connectivity index (χ1n) is 5.02. The number of nitrogens with zero attached hydrogens (tertiary/aromatic N) is 2. The van der Waals surface area contributed by atoms with Crippen LogP contribution in [0.25, 0.3) is 0 Å². The summed E-state index contributed by atoms with van der Waals surface area (Å²) in [5, 5.41) is 4.04. The highest BCUT2D eigenvalue weighted by molar-refractivity contribution is 7.89. The van der Waals surface area contributed by atoms with Crippen LogP contribution < -0.4 is 4.72 Å². The standard InChI is InChI=1S/C10H10ClN3O3S/c1-7-13-10(17-14-7)6-12-18(15,16)9-4-2-8(11)3-5-9/h2-5,12H,6H2,1H3. The first-order chi connectivity index (χ1) is 8.47. The van der Waals surface area contributed by atoms with Crippen LogP contribution in [0.4, 0.5) is 0 Å². The highest BCUT2D eigenvalue weighted by Gasteiger charge is 2.15. The fraction of sp³-hybridized carbons (Fsp3) is 0.200. The van der Waals surface area contributed by atoms with Crippen molar-refractivity contribution in [3.05, 3.63) is 41.0 Å². The molecule has 96 valence electrons. The highest BCUT2D eigenvalue weighted by atomic mass is 35.5. The molecule has 1 aromatic heterocycles. The number of rotatable bonds is 4. The Bertz CT molecular complexity index is 637. The zero-order chi connectivity index (χ0) is 13.2. The second kappa shape index (κ2) is 5.05. The monoisotopic (exact) mass is 287 g/mol. The van der Waals surface area contributed by atoms with Gasteiger partial charge < -0.3 is 4.52 Å². The molecular formula is C10H10ClN3O3S. The van der Waals surface area contributed by atoms with Crippen LogP contribution in [0, 0.1) is 6.92 Å². The Morgan fingerprint density at radius 3 is 2.56 bits per heavy atom. The van der Waals surface area contributed by atoms with Crippen LogP contribution in [0.1, 0.15) is 11.7 Å². The zero-order valence-electron chi connectivity index (χ0n) is 9.42. The summed E-state index contributed by atoms with van der Waals surface area (Å²) in [4.78, 5) is 4.02. The molecule has 0 aliphatic carbocycles. The Morgan fingerprint density at radius 1 is 1.33 bits per heavy atom. The highest BCUT2D eigenvalue weighted by Crippen LogP contribution is 2.14. The molecular weight excluding hydrogens is 278 g/mol. The van der Waals surface area contributed by atoms with E-state index in [-0.39, 0.29) is 17.3 Å². The third-order valence-corrected chi connectivity index (χ3v) is 3.78. The molecule has 1 aromatic carbocycles. The zero-order valence-corrected chi connectivity index (χ0v) is 11.0. The molecule has 1 heterocycles. The van der Waals surface area contributed by atoms with Crippen molar-refractivity contribution in [1.29, 1.82) is 0 Å². The van der Waals surface area contributed by atoms with Gasteiger partial charge in [0.1, 0.15) is 0 Å². The van der Waals surface area contributed by atoms with Gasteiger partial charge >= 0.3 is 0 Å². The van der Waals surface area contributed by atoms with E-state index in [0.717, 1.165) is 0 Å². The number of nitrogens with one attached hydrogen (secondary N) is 1. The SMILES string of the molecule is Cc1noc(CNS(=O)(=O)c2ccc(Cl)cc2)n1. The molecule has 0 aliphatic rings. The first-order valence-corrected chi connectivity index (χ1v) is 6.88. The van der Waals surface area contributed by atoms with E-state index < -0.39 is 10.0 Å². The summed E-state index contributed by atoms with van der Waals surface area (Å²) >= 11 is 5.69. The number of halogens is 1. The molecule has 0 aliphatic heterocycles. The Hall–Kier alpha value is -1.44. The number of hydrogen-bond donors (Lipinski definition) is 1. The van der Waals surface area contributed by atoms with Crippen molar-refractivity contribution in [3.8, 4) is 0 Å². The molecule has 8 heteroatoms. The molecule has 18 heavy (non-hydrogen) atoms. The van der Waals surface area contributed by atoms with Crippen molar-refractivity contribution in [1.82, 2.24) is 14.9 Å². The normalized spacial score (nSPS) is 11.7. The van der Waals surface area contributed by atoms with Gasteiger partial charge in [0.05, 0.1) is 11.4 Å². The van der Waals surface area contributed by atoms with E-state index in [1.807, 2.05) is 0 Å². The second-order valence-electron chi connectivity index (χ2n) is 3.51. The first kappa shape index (κ1) is 13.0. The summed E-state index contributed by atoms with van der Waals surface area (Å²) < 4.78 is 30.9. The van der Waals surface area contributed by atoms with Crippen molar-refractivity contribution in [2.45, 2.75) is 18.4 Å². The van der Waals surface area contributed by atoms with Gasteiger partial charge in [-0.3, -0.25) is 0 Å². The fourth-order valence-corrected chi connectivity index (χ4v) is 2.37. The van der Waals surface area contributed by atoms with Gasteiger partial charge in [0.25, 0.3) is 0 Å². The van der Waals surface area contributed by atoms with E-state index in [4.69, 9.17) is 16.1 Å². The Balaban J connectivity index is 2.10. The van der Waals surface area contributed by atoms with Gasteiger partial charge in [-0.15, -0.1) is 0 Å². The fourth-order valence-electron chi connectivity index (χ4n) is 1.27.